The largest absolute Gasteiger partial charge is 0.494 e. The smallest absolute Gasteiger partial charge is 0.322 e. The molecule has 0 aliphatic rings. The minimum absolute atomic E-state index is 0.128. The van der Waals surface area contributed by atoms with Gasteiger partial charge in [-0.3, -0.25) is 9.78 Å². The average Bonchev–Trinajstić information content (AvgIpc) is 2.67. The Morgan fingerprint density at radius 2 is 1.96 bits per heavy atom. The number of halogens is 1. The third-order valence-electron chi connectivity index (χ3n) is 3.52. The molecule has 27 heavy (non-hydrogen) atoms. The molecule has 0 unspecified atom stereocenters. The van der Waals surface area contributed by atoms with Crippen molar-refractivity contribution in [1.29, 1.82) is 0 Å². The van der Waals surface area contributed by atoms with Gasteiger partial charge in [0, 0.05) is 35.8 Å². The Balaban J connectivity index is 1.94. The molecule has 3 aromatic rings. The summed E-state index contributed by atoms with van der Waals surface area (Å²) < 4.78 is 18.8. The van der Waals surface area contributed by atoms with E-state index in [0.717, 1.165) is 5.56 Å². The van der Waals surface area contributed by atoms with E-state index in [0.29, 0.717) is 17.2 Å². The minimum atomic E-state index is -1.04. The van der Waals surface area contributed by atoms with E-state index in [4.69, 9.17) is 9.84 Å². The molecule has 3 N–H and O–H groups in total. The van der Waals surface area contributed by atoms with Gasteiger partial charge in [-0.2, -0.15) is 4.98 Å². The highest BCUT2D eigenvalue weighted by atomic mass is 19.1. The second-order valence-electron chi connectivity index (χ2n) is 5.42. The molecule has 0 bridgehead atoms. The third-order valence-corrected chi connectivity index (χ3v) is 3.52. The van der Waals surface area contributed by atoms with Gasteiger partial charge in [0.05, 0.1) is 12.8 Å². The second-order valence-corrected chi connectivity index (χ2v) is 5.42. The van der Waals surface area contributed by atoms with Crippen molar-refractivity contribution in [2.24, 2.45) is 0 Å². The lowest BCUT2D eigenvalue weighted by Gasteiger charge is -2.11. The highest BCUT2D eigenvalue weighted by Crippen LogP contribution is 2.26. The number of hydrogen-bond acceptors (Lipinski definition) is 7. The Labute approximate surface area is 154 Å². The fourth-order valence-electron chi connectivity index (χ4n) is 2.31. The molecule has 0 spiro atoms. The van der Waals surface area contributed by atoms with Gasteiger partial charge in [-0.15, -0.1) is 0 Å². The number of ether oxygens (including phenoxy) is 1. The molecule has 3 rings (SSSR count). The monoisotopic (exact) mass is 369 g/mol. The molecule has 0 aliphatic heterocycles. The fraction of sp³-hybridized carbons (Fsp3) is 0.111. The van der Waals surface area contributed by atoms with Crippen molar-refractivity contribution in [3.05, 3.63) is 54.6 Å². The lowest BCUT2D eigenvalue weighted by atomic mass is 10.2. The summed E-state index contributed by atoms with van der Waals surface area (Å²) in [6.45, 7) is -0.337. The first kappa shape index (κ1) is 18.1. The predicted molar refractivity (Wildman–Crippen MR) is 97.6 cm³/mol. The van der Waals surface area contributed by atoms with Gasteiger partial charge >= 0.3 is 5.97 Å². The summed E-state index contributed by atoms with van der Waals surface area (Å²) in [5.74, 6) is -0.934. The first-order valence-electron chi connectivity index (χ1n) is 7.91. The maximum absolute atomic E-state index is 13.9. The number of carboxylic acid groups (broad SMARTS) is 1. The van der Waals surface area contributed by atoms with Gasteiger partial charge in [-0.1, -0.05) is 0 Å². The van der Waals surface area contributed by atoms with Gasteiger partial charge in [0.25, 0.3) is 0 Å². The molecular weight excluding hydrogens is 353 g/mol. The fourth-order valence-corrected chi connectivity index (χ4v) is 2.31. The van der Waals surface area contributed by atoms with Gasteiger partial charge in [0.2, 0.25) is 5.95 Å². The van der Waals surface area contributed by atoms with Gasteiger partial charge in [0.1, 0.15) is 12.4 Å². The van der Waals surface area contributed by atoms with Crippen LogP contribution >= 0.6 is 0 Å². The summed E-state index contributed by atoms with van der Waals surface area (Å²) in [6, 6.07) is 9.60. The molecule has 2 aromatic heterocycles. The normalized spacial score (nSPS) is 10.3. The molecule has 2 heterocycles. The number of hydrogen-bond donors (Lipinski definition) is 3. The number of carbonyl (C=O) groups is 1. The standard InChI is InChI=1S/C18H16FN5O3/c1-27-15-3-2-12(8-13(15)19)22-16-9-14(11-4-6-20-7-5-11)23-18(24-16)21-10-17(25)26/h2-9H,10H2,1H3,(H,25,26)(H2,21,22,23,24). The summed E-state index contributed by atoms with van der Waals surface area (Å²) in [6.07, 6.45) is 3.24. The third kappa shape index (κ3) is 4.66. The van der Waals surface area contributed by atoms with Crippen LogP contribution in [0.25, 0.3) is 11.3 Å². The zero-order valence-corrected chi connectivity index (χ0v) is 14.3. The summed E-state index contributed by atoms with van der Waals surface area (Å²) in [5.41, 5.74) is 1.78. The number of aliphatic carboxylic acids is 1. The number of carboxylic acids is 1. The highest BCUT2D eigenvalue weighted by Gasteiger charge is 2.10. The lowest BCUT2D eigenvalue weighted by molar-refractivity contribution is -0.134. The molecule has 8 nitrogen and oxygen atoms in total. The number of nitrogens with zero attached hydrogens (tertiary/aromatic N) is 3. The van der Waals surface area contributed by atoms with Crippen molar-refractivity contribution in [2.45, 2.75) is 0 Å². The Hall–Kier alpha value is -3.75. The summed E-state index contributed by atoms with van der Waals surface area (Å²) in [5, 5.41) is 14.5. The second kappa shape index (κ2) is 8.09. The van der Waals surface area contributed by atoms with E-state index < -0.39 is 11.8 Å². The maximum Gasteiger partial charge on any atom is 0.322 e. The molecule has 0 saturated heterocycles. The van der Waals surface area contributed by atoms with Crippen LogP contribution in [-0.2, 0) is 4.79 Å². The van der Waals surface area contributed by atoms with Gasteiger partial charge in [-0.25, -0.2) is 9.37 Å². The van der Waals surface area contributed by atoms with Crippen LogP contribution in [0.15, 0.2) is 48.8 Å². The number of anilines is 3. The molecule has 9 heteroatoms. The Kier molecular flexibility index (Phi) is 5.41. The predicted octanol–water partition coefficient (Wildman–Crippen LogP) is 2.93. The summed E-state index contributed by atoms with van der Waals surface area (Å²) >= 11 is 0. The molecule has 0 amide bonds. The minimum Gasteiger partial charge on any atom is -0.494 e. The molecule has 0 saturated carbocycles. The first-order chi connectivity index (χ1) is 13.0. The zero-order chi connectivity index (χ0) is 19.2. The van der Waals surface area contributed by atoms with Crippen LogP contribution in [0, 0.1) is 5.82 Å². The van der Waals surface area contributed by atoms with Crippen molar-refractivity contribution < 1.29 is 19.0 Å². The van der Waals surface area contributed by atoms with E-state index in [1.54, 1.807) is 36.7 Å². The average molecular weight is 369 g/mol. The first-order valence-corrected chi connectivity index (χ1v) is 7.91. The molecular formula is C18H16FN5O3. The van der Waals surface area contributed by atoms with E-state index in [9.17, 15) is 9.18 Å². The summed E-state index contributed by atoms with van der Waals surface area (Å²) in [7, 11) is 1.39. The van der Waals surface area contributed by atoms with Crippen LogP contribution in [0.1, 0.15) is 0 Å². The SMILES string of the molecule is COc1ccc(Nc2cc(-c3ccncc3)nc(NCC(=O)O)n2)cc1F. The molecule has 0 aliphatic carbocycles. The highest BCUT2D eigenvalue weighted by molar-refractivity contribution is 5.73. The molecule has 0 radical (unpaired) electrons. The van der Waals surface area contributed by atoms with Crippen LogP contribution < -0.4 is 15.4 Å². The summed E-state index contributed by atoms with van der Waals surface area (Å²) in [4.78, 5) is 23.3. The van der Waals surface area contributed by atoms with Crippen LogP contribution in [-0.4, -0.2) is 39.7 Å². The molecule has 138 valence electrons. The van der Waals surface area contributed by atoms with E-state index in [1.807, 2.05) is 0 Å². The van der Waals surface area contributed by atoms with Gasteiger partial charge in [0.15, 0.2) is 11.6 Å². The topological polar surface area (TPSA) is 109 Å². The van der Waals surface area contributed by atoms with Crippen molar-refractivity contribution in [3.63, 3.8) is 0 Å². The van der Waals surface area contributed by atoms with E-state index in [-0.39, 0.29) is 18.2 Å². The van der Waals surface area contributed by atoms with Crippen molar-refractivity contribution in [1.82, 2.24) is 15.0 Å². The van der Waals surface area contributed by atoms with E-state index in [1.165, 1.54) is 19.2 Å². The number of methoxy groups -OCH3 is 1. The molecule has 0 atom stereocenters. The number of benzene rings is 1. The number of nitrogens with one attached hydrogen (secondary N) is 2. The number of pyridine rings is 1. The zero-order valence-electron chi connectivity index (χ0n) is 14.3. The lowest BCUT2D eigenvalue weighted by Crippen LogP contribution is -2.15. The van der Waals surface area contributed by atoms with Gasteiger partial charge < -0.3 is 20.5 Å². The van der Waals surface area contributed by atoms with Crippen LogP contribution in [0.4, 0.5) is 21.8 Å². The molecule has 0 fully saturated rings. The van der Waals surface area contributed by atoms with Crippen LogP contribution in [0.3, 0.4) is 0 Å². The van der Waals surface area contributed by atoms with Crippen LogP contribution in [0.5, 0.6) is 5.75 Å². The maximum atomic E-state index is 13.9. The van der Waals surface area contributed by atoms with Gasteiger partial charge in [-0.05, 0) is 24.3 Å². The number of rotatable bonds is 7. The Morgan fingerprint density at radius 3 is 2.63 bits per heavy atom. The molecule has 1 aromatic carbocycles. The van der Waals surface area contributed by atoms with E-state index in [2.05, 4.69) is 25.6 Å². The quantitative estimate of drug-likeness (QED) is 0.583. The van der Waals surface area contributed by atoms with Crippen molar-refractivity contribution >= 4 is 23.4 Å². The van der Waals surface area contributed by atoms with E-state index >= 15 is 0 Å². The Bertz CT molecular complexity index is 953. The number of aromatic nitrogens is 3. The van der Waals surface area contributed by atoms with Crippen LogP contribution in [0.2, 0.25) is 0 Å². The Morgan fingerprint density at radius 1 is 1.19 bits per heavy atom. The van der Waals surface area contributed by atoms with Crippen molar-refractivity contribution in [2.75, 3.05) is 24.3 Å². The van der Waals surface area contributed by atoms with Crippen molar-refractivity contribution in [3.8, 4) is 17.0 Å².